The fraction of sp³-hybridized carbons (Fsp3) is 1.00. The van der Waals surface area contributed by atoms with Crippen molar-refractivity contribution in [2.24, 2.45) is 0 Å². The van der Waals surface area contributed by atoms with Crippen molar-refractivity contribution in [2.75, 3.05) is 34.3 Å². The molecule has 0 saturated carbocycles. The zero-order valence-electron chi connectivity index (χ0n) is 8.05. The first-order chi connectivity index (χ1) is 5.89. The molecule has 6 nitrogen and oxygen atoms in total. The standard InChI is InChI=1S/C5H14O6P2/c1-8-12(4,6)11-5-13(7,9-2)10-3/h5H2,1-4H3. The Bertz CT molecular complexity index is 231. The Morgan fingerprint density at radius 2 is 1.46 bits per heavy atom. The molecular formula is C5H14O6P2. The van der Waals surface area contributed by atoms with E-state index in [1.165, 1.54) is 28.0 Å². The maximum Gasteiger partial charge on any atom is 0.356 e. The van der Waals surface area contributed by atoms with Gasteiger partial charge in [0.15, 0.2) is 6.35 Å². The normalized spacial score (nSPS) is 16.9. The first-order valence-electron chi connectivity index (χ1n) is 3.37. The Morgan fingerprint density at radius 3 is 1.77 bits per heavy atom. The van der Waals surface area contributed by atoms with E-state index in [9.17, 15) is 9.13 Å². The van der Waals surface area contributed by atoms with Gasteiger partial charge in [0.25, 0.3) is 0 Å². The number of hydrogen-bond donors (Lipinski definition) is 0. The molecule has 1 atom stereocenters. The molecule has 0 amide bonds. The smallest absolute Gasteiger partial charge is 0.312 e. The Balaban J connectivity index is 4.16. The largest absolute Gasteiger partial charge is 0.356 e. The molecule has 13 heavy (non-hydrogen) atoms. The van der Waals surface area contributed by atoms with Crippen molar-refractivity contribution in [3.8, 4) is 0 Å². The Hall–Kier alpha value is 0.300. The van der Waals surface area contributed by atoms with Crippen LogP contribution in [-0.4, -0.2) is 34.3 Å². The summed E-state index contributed by atoms with van der Waals surface area (Å²) >= 11 is 0. The molecule has 0 aromatic rings. The summed E-state index contributed by atoms with van der Waals surface area (Å²) in [5.74, 6) is 0. The molecule has 0 heterocycles. The summed E-state index contributed by atoms with van der Waals surface area (Å²) in [5, 5.41) is 0. The van der Waals surface area contributed by atoms with Crippen LogP contribution in [0.25, 0.3) is 0 Å². The van der Waals surface area contributed by atoms with Gasteiger partial charge in [0.1, 0.15) is 0 Å². The quantitative estimate of drug-likeness (QED) is 0.651. The molecular weight excluding hydrogens is 218 g/mol. The van der Waals surface area contributed by atoms with Crippen LogP contribution in [0.5, 0.6) is 0 Å². The summed E-state index contributed by atoms with van der Waals surface area (Å²) in [4.78, 5) is 0. The summed E-state index contributed by atoms with van der Waals surface area (Å²) in [6.07, 6.45) is -0.387. The average molecular weight is 232 g/mol. The van der Waals surface area contributed by atoms with Crippen molar-refractivity contribution in [3.05, 3.63) is 0 Å². The van der Waals surface area contributed by atoms with Crippen LogP contribution in [0.4, 0.5) is 0 Å². The van der Waals surface area contributed by atoms with Crippen molar-refractivity contribution in [1.29, 1.82) is 0 Å². The summed E-state index contributed by atoms with van der Waals surface area (Å²) in [6, 6.07) is 0. The second kappa shape index (κ2) is 5.25. The summed E-state index contributed by atoms with van der Waals surface area (Å²) in [6.45, 7) is 1.27. The van der Waals surface area contributed by atoms with Gasteiger partial charge in [0.05, 0.1) is 0 Å². The highest BCUT2D eigenvalue weighted by molar-refractivity contribution is 7.56. The van der Waals surface area contributed by atoms with E-state index in [0.717, 1.165) is 0 Å². The van der Waals surface area contributed by atoms with Gasteiger partial charge in [-0.3, -0.25) is 13.7 Å². The molecule has 0 spiro atoms. The SMILES string of the molecule is COP(C)(=O)OCP(=O)(OC)OC. The summed E-state index contributed by atoms with van der Waals surface area (Å²) in [5.41, 5.74) is 0. The van der Waals surface area contributed by atoms with Crippen LogP contribution in [0.3, 0.4) is 0 Å². The van der Waals surface area contributed by atoms with Gasteiger partial charge in [-0.1, -0.05) is 0 Å². The molecule has 0 aliphatic heterocycles. The van der Waals surface area contributed by atoms with Crippen LogP contribution in [0, 0.1) is 0 Å². The summed E-state index contributed by atoms with van der Waals surface area (Å²) in [7, 11) is -2.71. The van der Waals surface area contributed by atoms with Gasteiger partial charge >= 0.3 is 15.2 Å². The van der Waals surface area contributed by atoms with Crippen molar-refractivity contribution < 1.29 is 27.2 Å². The van der Waals surface area contributed by atoms with Crippen molar-refractivity contribution in [2.45, 2.75) is 0 Å². The minimum atomic E-state index is -3.27. The van der Waals surface area contributed by atoms with E-state index in [1.807, 2.05) is 0 Å². The first-order valence-corrected chi connectivity index (χ1v) is 7.09. The number of hydrogen-bond acceptors (Lipinski definition) is 6. The minimum Gasteiger partial charge on any atom is -0.312 e. The second-order valence-corrected chi connectivity index (χ2v) is 6.56. The lowest BCUT2D eigenvalue weighted by Gasteiger charge is -2.16. The number of rotatable bonds is 6. The predicted molar refractivity (Wildman–Crippen MR) is 48.1 cm³/mol. The van der Waals surface area contributed by atoms with Gasteiger partial charge in [0, 0.05) is 28.0 Å². The highest BCUT2D eigenvalue weighted by Crippen LogP contribution is 2.52. The van der Waals surface area contributed by atoms with Crippen LogP contribution in [0.2, 0.25) is 0 Å². The molecule has 0 bridgehead atoms. The van der Waals surface area contributed by atoms with Gasteiger partial charge in [-0.2, -0.15) is 0 Å². The first kappa shape index (κ1) is 13.3. The maximum absolute atomic E-state index is 11.4. The average Bonchev–Trinajstić information content (AvgIpc) is 2.14. The molecule has 0 fully saturated rings. The molecule has 0 aromatic heterocycles. The summed E-state index contributed by atoms with van der Waals surface area (Å²) < 4.78 is 40.9. The van der Waals surface area contributed by atoms with E-state index in [0.29, 0.717) is 0 Å². The third kappa shape index (κ3) is 4.91. The molecule has 1 unspecified atom stereocenters. The van der Waals surface area contributed by atoms with Crippen LogP contribution >= 0.6 is 15.2 Å². The molecule has 0 saturated heterocycles. The maximum atomic E-state index is 11.4. The molecule has 0 N–H and O–H groups in total. The highest BCUT2D eigenvalue weighted by atomic mass is 31.2. The van der Waals surface area contributed by atoms with E-state index in [-0.39, 0.29) is 6.35 Å². The molecule has 8 heteroatoms. The van der Waals surface area contributed by atoms with Gasteiger partial charge in [-0.15, -0.1) is 0 Å². The van der Waals surface area contributed by atoms with Crippen molar-refractivity contribution in [1.82, 2.24) is 0 Å². The Morgan fingerprint density at radius 1 is 1.00 bits per heavy atom. The van der Waals surface area contributed by atoms with Crippen LogP contribution in [0.1, 0.15) is 0 Å². The Kier molecular flexibility index (Phi) is 5.37. The van der Waals surface area contributed by atoms with Gasteiger partial charge < -0.3 is 13.6 Å². The molecule has 0 radical (unpaired) electrons. The van der Waals surface area contributed by atoms with E-state index < -0.39 is 15.2 Å². The van der Waals surface area contributed by atoms with Crippen molar-refractivity contribution >= 4 is 15.2 Å². The lowest BCUT2D eigenvalue weighted by molar-refractivity contribution is 0.218. The molecule has 0 aromatic carbocycles. The third-order valence-electron chi connectivity index (χ3n) is 1.34. The monoisotopic (exact) mass is 232 g/mol. The third-order valence-corrected chi connectivity index (χ3v) is 4.36. The zero-order valence-corrected chi connectivity index (χ0v) is 9.84. The van der Waals surface area contributed by atoms with Crippen LogP contribution in [-0.2, 0) is 27.2 Å². The lowest BCUT2D eigenvalue weighted by atomic mass is 11.7. The van der Waals surface area contributed by atoms with Gasteiger partial charge in [-0.25, -0.2) is 0 Å². The lowest BCUT2D eigenvalue weighted by Crippen LogP contribution is -1.99. The van der Waals surface area contributed by atoms with E-state index in [2.05, 4.69) is 13.6 Å². The second-order valence-electron chi connectivity index (χ2n) is 2.19. The highest BCUT2D eigenvalue weighted by Gasteiger charge is 2.26. The zero-order chi connectivity index (χ0) is 10.5. The predicted octanol–water partition coefficient (Wildman–Crippen LogP) is 1.92. The fourth-order valence-corrected chi connectivity index (χ4v) is 2.28. The molecule has 80 valence electrons. The molecule has 0 aliphatic rings. The van der Waals surface area contributed by atoms with E-state index >= 15 is 0 Å². The van der Waals surface area contributed by atoms with E-state index in [1.54, 1.807) is 0 Å². The van der Waals surface area contributed by atoms with E-state index in [4.69, 9.17) is 4.52 Å². The van der Waals surface area contributed by atoms with Crippen molar-refractivity contribution in [3.63, 3.8) is 0 Å². The molecule has 0 rings (SSSR count). The minimum absolute atomic E-state index is 0.387. The topological polar surface area (TPSA) is 71.1 Å². The van der Waals surface area contributed by atoms with Crippen LogP contribution < -0.4 is 0 Å². The Labute approximate surface area is 77.6 Å². The van der Waals surface area contributed by atoms with Gasteiger partial charge in [-0.05, 0) is 0 Å². The molecule has 0 aliphatic carbocycles. The van der Waals surface area contributed by atoms with Crippen LogP contribution in [0.15, 0.2) is 0 Å². The van der Waals surface area contributed by atoms with Gasteiger partial charge in [0.2, 0.25) is 0 Å². The fourth-order valence-electron chi connectivity index (χ4n) is 0.408.